The molecule has 1 aromatic carbocycles. The second-order valence-electron chi connectivity index (χ2n) is 4.94. The van der Waals surface area contributed by atoms with Gasteiger partial charge >= 0.3 is 0 Å². The van der Waals surface area contributed by atoms with Crippen LogP contribution in [0, 0.1) is 5.92 Å². The maximum Gasteiger partial charge on any atom is 0.126 e. The number of nitrogens with zero attached hydrogens (tertiary/aromatic N) is 2. The van der Waals surface area contributed by atoms with E-state index >= 15 is 0 Å². The predicted molar refractivity (Wildman–Crippen MR) is 73.4 cm³/mol. The van der Waals surface area contributed by atoms with Crippen LogP contribution in [0.2, 0.25) is 0 Å². The molecule has 18 heavy (non-hydrogen) atoms. The van der Waals surface area contributed by atoms with Gasteiger partial charge in [-0.05, 0) is 25.0 Å². The minimum atomic E-state index is 0.177. The van der Waals surface area contributed by atoms with Crippen LogP contribution in [-0.2, 0) is 7.05 Å². The van der Waals surface area contributed by atoms with E-state index in [1.807, 2.05) is 32.2 Å². The topological polar surface area (TPSA) is 50.1 Å². The van der Waals surface area contributed by atoms with Crippen molar-refractivity contribution in [2.24, 2.45) is 13.0 Å². The fourth-order valence-electron chi connectivity index (χ4n) is 2.09. The highest BCUT2D eigenvalue weighted by molar-refractivity contribution is 5.75. The van der Waals surface area contributed by atoms with E-state index in [0.29, 0.717) is 0 Å². The van der Waals surface area contributed by atoms with Crippen LogP contribution in [0.1, 0.15) is 25.7 Å². The maximum atomic E-state index is 9.03. The number of aryl methyl sites for hydroxylation is 1. The molecular weight excluding hydrogens is 226 g/mol. The summed E-state index contributed by atoms with van der Waals surface area (Å²) in [6.45, 7) is 5.13. The fraction of sp³-hybridized carbons (Fsp3) is 0.500. The molecule has 0 saturated carbocycles. The Morgan fingerprint density at radius 3 is 2.72 bits per heavy atom. The highest BCUT2D eigenvalue weighted by Gasteiger charge is 2.14. The molecule has 0 bridgehead atoms. The lowest BCUT2D eigenvalue weighted by atomic mass is 10.2. The number of imidazole rings is 1. The zero-order valence-electron chi connectivity index (χ0n) is 11.2. The Kier molecular flexibility index (Phi) is 3.99. The number of aliphatic hydroxyl groups excluding tert-OH is 1. The molecule has 1 aromatic heterocycles. The van der Waals surface area contributed by atoms with Crippen molar-refractivity contribution in [1.82, 2.24) is 14.9 Å². The number of rotatable bonds is 5. The summed E-state index contributed by atoms with van der Waals surface area (Å²) in [4.78, 5) is 4.65. The molecule has 0 aliphatic heterocycles. The number of benzene rings is 1. The zero-order chi connectivity index (χ0) is 13.1. The molecule has 4 heteroatoms. The molecule has 2 unspecified atom stereocenters. The van der Waals surface area contributed by atoms with E-state index in [0.717, 1.165) is 23.4 Å². The van der Waals surface area contributed by atoms with E-state index in [1.54, 1.807) is 0 Å². The van der Waals surface area contributed by atoms with Gasteiger partial charge in [-0.15, -0.1) is 0 Å². The third kappa shape index (κ3) is 2.54. The number of aromatic nitrogens is 2. The molecule has 98 valence electrons. The normalized spacial score (nSPS) is 14.9. The lowest BCUT2D eigenvalue weighted by Crippen LogP contribution is -2.27. The summed E-state index contributed by atoms with van der Waals surface area (Å²) in [6, 6.07) is 8.32. The second kappa shape index (κ2) is 5.50. The van der Waals surface area contributed by atoms with Gasteiger partial charge in [0.15, 0.2) is 0 Å². The van der Waals surface area contributed by atoms with Gasteiger partial charge in [-0.25, -0.2) is 4.98 Å². The molecule has 0 saturated heterocycles. The molecule has 2 aromatic rings. The maximum absolute atomic E-state index is 9.03. The van der Waals surface area contributed by atoms with Gasteiger partial charge in [-0.1, -0.05) is 19.1 Å². The average Bonchev–Trinajstić information content (AvgIpc) is 2.73. The summed E-state index contributed by atoms with van der Waals surface area (Å²) >= 11 is 0. The quantitative estimate of drug-likeness (QED) is 0.848. The van der Waals surface area contributed by atoms with Crippen LogP contribution in [0.5, 0.6) is 0 Å². The summed E-state index contributed by atoms with van der Waals surface area (Å²) in [5.74, 6) is 1.29. The molecule has 0 spiro atoms. The summed E-state index contributed by atoms with van der Waals surface area (Å²) in [5, 5.41) is 12.4. The Hall–Kier alpha value is -1.39. The first-order valence-corrected chi connectivity index (χ1v) is 6.39. The number of fused-ring (bicyclic) bond motifs is 1. The van der Waals surface area contributed by atoms with E-state index < -0.39 is 0 Å². The molecule has 2 rings (SSSR count). The molecular formula is C14H21N3O. The van der Waals surface area contributed by atoms with E-state index in [1.165, 1.54) is 0 Å². The van der Waals surface area contributed by atoms with Crippen LogP contribution >= 0.6 is 0 Å². The van der Waals surface area contributed by atoms with Crippen molar-refractivity contribution in [1.29, 1.82) is 0 Å². The Labute approximate surface area is 108 Å². The van der Waals surface area contributed by atoms with Crippen LogP contribution < -0.4 is 5.32 Å². The van der Waals surface area contributed by atoms with Crippen molar-refractivity contribution in [3.05, 3.63) is 30.1 Å². The van der Waals surface area contributed by atoms with E-state index in [4.69, 9.17) is 5.11 Å². The monoisotopic (exact) mass is 247 g/mol. The van der Waals surface area contributed by atoms with Crippen molar-refractivity contribution in [3.8, 4) is 0 Å². The molecule has 0 radical (unpaired) electrons. The highest BCUT2D eigenvalue weighted by atomic mass is 16.3. The molecule has 4 nitrogen and oxygen atoms in total. The number of hydrogen-bond acceptors (Lipinski definition) is 3. The number of aliphatic hydroxyl groups is 1. The molecule has 2 N–H and O–H groups in total. The Bertz CT molecular complexity index is 521. The second-order valence-corrected chi connectivity index (χ2v) is 4.94. The smallest absolute Gasteiger partial charge is 0.126 e. The fourth-order valence-corrected chi connectivity index (χ4v) is 2.09. The predicted octanol–water partition coefficient (Wildman–Crippen LogP) is 1.85. The minimum Gasteiger partial charge on any atom is -0.396 e. The van der Waals surface area contributed by atoms with Gasteiger partial charge in [0.25, 0.3) is 0 Å². The lowest BCUT2D eigenvalue weighted by Gasteiger charge is -2.16. The van der Waals surface area contributed by atoms with Crippen LogP contribution in [0.15, 0.2) is 24.3 Å². The van der Waals surface area contributed by atoms with Crippen LogP contribution in [0.25, 0.3) is 11.0 Å². The Morgan fingerprint density at radius 1 is 1.33 bits per heavy atom. The third-order valence-electron chi connectivity index (χ3n) is 3.29. The largest absolute Gasteiger partial charge is 0.396 e. The molecule has 0 aliphatic rings. The van der Waals surface area contributed by atoms with Crippen molar-refractivity contribution in [2.45, 2.75) is 19.9 Å². The highest BCUT2D eigenvalue weighted by Crippen LogP contribution is 2.19. The summed E-state index contributed by atoms with van der Waals surface area (Å²) in [5.41, 5.74) is 2.18. The van der Waals surface area contributed by atoms with Crippen molar-refractivity contribution in [2.75, 3.05) is 13.2 Å². The Balaban J connectivity index is 2.17. The first-order valence-electron chi connectivity index (χ1n) is 6.39. The van der Waals surface area contributed by atoms with Gasteiger partial charge in [0.2, 0.25) is 0 Å². The van der Waals surface area contributed by atoms with E-state index in [2.05, 4.69) is 27.9 Å². The SMILES string of the molecule is CC(CO)CNC(C)c1nc2ccccc2n1C. The van der Waals surface area contributed by atoms with E-state index in [-0.39, 0.29) is 18.6 Å². The Morgan fingerprint density at radius 2 is 2.06 bits per heavy atom. The van der Waals surface area contributed by atoms with E-state index in [9.17, 15) is 0 Å². The van der Waals surface area contributed by atoms with Gasteiger partial charge in [0, 0.05) is 20.2 Å². The summed E-state index contributed by atoms with van der Waals surface area (Å²) in [6.07, 6.45) is 0. The first-order chi connectivity index (χ1) is 8.63. The third-order valence-corrected chi connectivity index (χ3v) is 3.29. The van der Waals surface area contributed by atoms with Gasteiger partial charge in [0.05, 0.1) is 17.1 Å². The van der Waals surface area contributed by atoms with Gasteiger partial charge in [-0.2, -0.15) is 0 Å². The lowest BCUT2D eigenvalue weighted by molar-refractivity contribution is 0.230. The van der Waals surface area contributed by atoms with Gasteiger partial charge in [-0.3, -0.25) is 0 Å². The van der Waals surface area contributed by atoms with Gasteiger partial charge < -0.3 is 15.0 Å². The first kappa shape index (κ1) is 13.1. The zero-order valence-corrected chi connectivity index (χ0v) is 11.2. The minimum absolute atomic E-state index is 0.177. The molecule has 2 atom stereocenters. The number of hydrogen-bond donors (Lipinski definition) is 2. The molecule has 1 heterocycles. The van der Waals surface area contributed by atoms with Crippen molar-refractivity contribution in [3.63, 3.8) is 0 Å². The number of para-hydroxylation sites is 2. The van der Waals surface area contributed by atoms with Gasteiger partial charge in [0.1, 0.15) is 5.82 Å². The average molecular weight is 247 g/mol. The standard InChI is InChI=1S/C14H21N3O/c1-10(9-18)8-15-11(2)14-16-12-6-4-5-7-13(12)17(14)3/h4-7,10-11,15,18H,8-9H2,1-3H3. The molecule has 0 fully saturated rings. The molecule has 0 aliphatic carbocycles. The summed E-state index contributed by atoms with van der Waals surface area (Å²) < 4.78 is 2.12. The molecule has 0 amide bonds. The van der Waals surface area contributed by atoms with Crippen LogP contribution in [0.4, 0.5) is 0 Å². The van der Waals surface area contributed by atoms with Crippen LogP contribution in [0.3, 0.4) is 0 Å². The van der Waals surface area contributed by atoms with Crippen molar-refractivity contribution >= 4 is 11.0 Å². The number of nitrogens with one attached hydrogen (secondary N) is 1. The van der Waals surface area contributed by atoms with Crippen LogP contribution in [-0.4, -0.2) is 27.8 Å². The van der Waals surface area contributed by atoms with Crippen molar-refractivity contribution < 1.29 is 5.11 Å². The summed E-state index contributed by atoms with van der Waals surface area (Å²) in [7, 11) is 2.04.